The van der Waals surface area contributed by atoms with Crippen LogP contribution in [0.1, 0.15) is 18.0 Å². The van der Waals surface area contributed by atoms with E-state index < -0.39 is 0 Å². The van der Waals surface area contributed by atoms with Gasteiger partial charge >= 0.3 is 0 Å². The van der Waals surface area contributed by atoms with Crippen LogP contribution in [0.4, 0.5) is 0 Å². The van der Waals surface area contributed by atoms with Gasteiger partial charge in [0.15, 0.2) is 5.65 Å². The Hall–Kier alpha value is -1.13. The topological polar surface area (TPSA) is 42.2 Å². The van der Waals surface area contributed by atoms with Gasteiger partial charge in [-0.15, -0.1) is 0 Å². The van der Waals surface area contributed by atoms with Crippen LogP contribution in [0.5, 0.6) is 0 Å². The van der Waals surface area contributed by atoms with Crippen molar-refractivity contribution in [2.24, 2.45) is 0 Å². The molecule has 2 aromatic heterocycles. The Morgan fingerprint density at radius 3 is 3.20 bits per heavy atom. The van der Waals surface area contributed by atoms with Gasteiger partial charge in [0.25, 0.3) is 0 Å². The minimum absolute atomic E-state index is 0.496. The SMILES string of the molecule is Clc1cn2cc(C3CCNC3)nc2cn1. The number of rotatable bonds is 1. The molecule has 1 aliphatic rings. The van der Waals surface area contributed by atoms with Crippen LogP contribution < -0.4 is 5.32 Å². The second kappa shape index (κ2) is 3.47. The first-order chi connectivity index (χ1) is 7.33. The van der Waals surface area contributed by atoms with Crippen LogP contribution in [-0.4, -0.2) is 27.5 Å². The summed E-state index contributed by atoms with van der Waals surface area (Å²) < 4.78 is 1.93. The quantitative estimate of drug-likeness (QED) is 0.795. The van der Waals surface area contributed by atoms with Crippen molar-refractivity contribution in [1.29, 1.82) is 0 Å². The Labute approximate surface area is 92.3 Å². The predicted molar refractivity (Wildman–Crippen MR) is 58.2 cm³/mol. The highest BCUT2D eigenvalue weighted by atomic mass is 35.5. The Balaban J connectivity index is 2.05. The molecule has 1 fully saturated rings. The van der Waals surface area contributed by atoms with Crippen LogP contribution >= 0.6 is 11.6 Å². The van der Waals surface area contributed by atoms with Crippen molar-refractivity contribution in [1.82, 2.24) is 19.7 Å². The smallest absolute Gasteiger partial charge is 0.155 e. The van der Waals surface area contributed by atoms with E-state index in [-0.39, 0.29) is 0 Å². The number of fused-ring (bicyclic) bond motifs is 1. The van der Waals surface area contributed by atoms with E-state index in [2.05, 4.69) is 15.3 Å². The first-order valence-electron chi connectivity index (χ1n) is 5.04. The van der Waals surface area contributed by atoms with E-state index in [0.29, 0.717) is 11.1 Å². The van der Waals surface area contributed by atoms with E-state index in [9.17, 15) is 0 Å². The highest BCUT2D eigenvalue weighted by Crippen LogP contribution is 2.21. The Bertz CT molecular complexity index is 487. The fraction of sp³-hybridized carbons (Fsp3) is 0.400. The third-order valence-electron chi connectivity index (χ3n) is 2.81. The third kappa shape index (κ3) is 1.60. The molecule has 3 heterocycles. The zero-order valence-corrected chi connectivity index (χ0v) is 8.91. The van der Waals surface area contributed by atoms with E-state index >= 15 is 0 Å². The maximum absolute atomic E-state index is 5.82. The zero-order valence-electron chi connectivity index (χ0n) is 8.15. The summed E-state index contributed by atoms with van der Waals surface area (Å²) in [5.41, 5.74) is 1.99. The van der Waals surface area contributed by atoms with Gasteiger partial charge < -0.3 is 9.72 Å². The maximum atomic E-state index is 5.82. The summed E-state index contributed by atoms with van der Waals surface area (Å²) in [6.07, 6.45) is 6.69. The van der Waals surface area contributed by atoms with Crippen LogP contribution in [-0.2, 0) is 0 Å². The summed E-state index contributed by atoms with van der Waals surface area (Å²) in [7, 11) is 0. The number of aromatic nitrogens is 3. The lowest BCUT2D eigenvalue weighted by molar-refractivity contribution is 0.741. The highest BCUT2D eigenvalue weighted by molar-refractivity contribution is 6.29. The summed E-state index contributed by atoms with van der Waals surface area (Å²) >= 11 is 5.82. The minimum atomic E-state index is 0.496. The molecule has 1 saturated heterocycles. The highest BCUT2D eigenvalue weighted by Gasteiger charge is 2.19. The van der Waals surface area contributed by atoms with Gasteiger partial charge in [0.2, 0.25) is 0 Å². The van der Waals surface area contributed by atoms with Gasteiger partial charge in [0, 0.05) is 24.9 Å². The Morgan fingerprint density at radius 1 is 1.47 bits per heavy atom. The molecule has 1 aliphatic heterocycles. The molecule has 0 aliphatic carbocycles. The van der Waals surface area contributed by atoms with Gasteiger partial charge in [-0.1, -0.05) is 11.6 Å². The van der Waals surface area contributed by atoms with Crippen LogP contribution in [0.25, 0.3) is 5.65 Å². The summed E-state index contributed by atoms with van der Waals surface area (Å²) in [6.45, 7) is 2.10. The predicted octanol–water partition coefficient (Wildman–Crippen LogP) is 1.46. The molecule has 1 atom stereocenters. The summed E-state index contributed by atoms with van der Waals surface area (Å²) in [6, 6.07) is 0. The van der Waals surface area contributed by atoms with Crippen molar-refractivity contribution < 1.29 is 0 Å². The van der Waals surface area contributed by atoms with Gasteiger partial charge in [0.05, 0.1) is 11.9 Å². The molecule has 0 amide bonds. The van der Waals surface area contributed by atoms with Gasteiger partial charge in [-0.3, -0.25) is 0 Å². The molecule has 2 aromatic rings. The fourth-order valence-electron chi connectivity index (χ4n) is 2.00. The number of nitrogens with zero attached hydrogens (tertiary/aromatic N) is 3. The van der Waals surface area contributed by atoms with Gasteiger partial charge in [-0.05, 0) is 13.0 Å². The molecule has 4 nitrogen and oxygen atoms in total. The first kappa shape index (κ1) is 9.12. The molecule has 5 heteroatoms. The summed E-state index contributed by atoms with van der Waals surface area (Å²) in [5, 5.41) is 3.83. The first-order valence-corrected chi connectivity index (χ1v) is 5.41. The van der Waals surface area contributed by atoms with Crippen molar-refractivity contribution >= 4 is 17.2 Å². The Morgan fingerprint density at radius 2 is 2.40 bits per heavy atom. The normalized spacial score (nSPS) is 21.3. The Kier molecular flexibility index (Phi) is 2.11. The van der Waals surface area contributed by atoms with E-state index in [0.717, 1.165) is 30.9 Å². The molecule has 0 spiro atoms. The lowest BCUT2D eigenvalue weighted by Crippen LogP contribution is -2.07. The van der Waals surface area contributed by atoms with Crippen LogP contribution in [0.3, 0.4) is 0 Å². The standard InChI is InChI=1S/C10H11ClN4/c11-9-6-15-5-8(7-1-2-12-3-7)14-10(15)4-13-9/h4-7,12H,1-3H2. The average molecular weight is 223 g/mol. The zero-order chi connectivity index (χ0) is 10.3. The van der Waals surface area contributed by atoms with Crippen LogP contribution in [0.2, 0.25) is 5.15 Å². The second-order valence-corrected chi connectivity index (χ2v) is 4.22. The molecule has 15 heavy (non-hydrogen) atoms. The lowest BCUT2D eigenvalue weighted by atomic mass is 10.1. The number of imidazole rings is 1. The molecule has 0 radical (unpaired) electrons. The fourth-order valence-corrected chi connectivity index (χ4v) is 2.15. The van der Waals surface area contributed by atoms with E-state index in [1.807, 2.05) is 10.6 Å². The average Bonchev–Trinajstić information content (AvgIpc) is 2.84. The molecular weight excluding hydrogens is 212 g/mol. The lowest BCUT2D eigenvalue weighted by Gasteiger charge is -2.01. The van der Waals surface area contributed by atoms with Crippen molar-refractivity contribution in [3.63, 3.8) is 0 Å². The van der Waals surface area contributed by atoms with Crippen LogP contribution in [0.15, 0.2) is 18.6 Å². The minimum Gasteiger partial charge on any atom is -0.316 e. The second-order valence-electron chi connectivity index (χ2n) is 3.83. The van der Waals surface area contributed by atoms with Gasteiger partial charge in [0.1, 0.15) is 5.15 Å². The number of hydrogen-bond acceptors (Lipinski definition) is 3. The summed E-state index contributed by atoms with van der Waals surface area (Å²) in [5.74, 6) is 0.531. The van der Waals surface area contributed by atoms with Gasteiger partial charge in [-0.25, -0.2) is 9.97 Å². The monoisotopic (exact) mass is 222 g/mol. The van der Waals surface area contributed by atoms with Crippen molar-refractivity contribution in [2.75, 3.05) is 13.1 Å². The molecule has 78 valence electrons. The number of nitrogens with one attached hydrogen (secondary N) is 1. The molecule has 0 saturated carbocycles. The molecular formula is C10H11ClN4. The number of halogens is 1. The molecule has 0 aromatic carbocycles. The van der Waals surface area contributed by atoms with E-state index in [4.69, 9.17) is 11.6 Å². The van der Waals surface area contributed by atoms with E-state index in [1.54, 1.807) is 12.4 Å². The van der Waals surface area contributed by atoms with Crippen molar-refractivity contribution in [3.8, 4) is 0 Å². The molecule has 1 N–H and O–H groups in total. The summed E-state index contributed by atoms with van der Waals surface area (Å²) in [4.78, 5) is 8.55. The molecule has 3 rings (SSSR count). The van der Waals surface area contributed by atoms with Gasteiger partial charge in [-0.2, -0.15) is 0 Å². The van der Waals surface area contributed by atoms with Crippen molar-refractivity contribution in [2.45, 2.75) is 12.3 Å². The van der Waals surface area contributed by atoms with E-state index in [1.165, 1.54) is 0 Å². The number of hydrogen-bond donors (Lipinski definition) is 1. The van der Waals surface area contributed by atoms with Crippen molar-refractivity contribution in [3.05, 3.63) is 29.4 Å². The molecule has 1 unspecified atom stereocenters. The maximum Gasteiger partial charge on any atom is 0.155 e. The largest absolute Gasteiger partial charge is 0.316 e. The van der Waals surface area contributed by atoms with Crippen LogP contribution in [0, 0.1) is 0 Å². The third-order valence-corrected chi connectivity index (χ3v) is 3.00. The molecule has 0 bridgehead atoms.